The van der Waals surface area contributed by atoms with Crippen LogP contribution in [0.15, 0.2) is 33.3 Å². The molecule has 1 saturated carbocycles. The molecule has 1 N–H and O–H groups in total. The van der Waals surface area contributed by atoms with Crippen LogP contribution in [0.25, 0.3) is 0 Å². The molecule has 3 rings (SSSR count). The highest BCUT2D eigenvalue weighted by Crippen LogP contribution is 2.36. The third-order valence-electron chi connectivity index (χ3n) is 4.29. The maximum atomic E-state index is 11.8. The number of carbonyl (C=O) groups is 2. The molecule has 10 heteroatoms. The first-order chi connectivity index (χ1) is 14.0. The van der Waals surface area contributed by atoms with Gasteiger partial charge in [-0.15, -0.1) is 5.10 Å². The Morgan fingerprint density at radius 1 is 1.31 bits per heavy atom. The number of hydrogen-bond acceptors (Lipinski definition) is 8. The number of amides is 1. The lowest BCUT2D eigenvalue weighted by Gasteiger charge is -2.17. The monoisotopic (exact) mass is 529 g/mol. The normalized spacial score (nSPS) is 19.9. The fraction of sp³-hybridized carbons (Fsp3) is 0.368. The molecule has 0 radical (unpaired) electrons. The fourth-order valence-electron chi connectivity index (χ4n) is 2.89. The summed E-state index contributed by atoms with van der Waals surface area (Å²) in [5.74, 6) is 0.373. The van der Waals surface area contributed by atoms with Crippen LogP contribution in [0, 0.1) is 3.57 Å². The third kappa shape index (κ3) is 5.72. The Hall–Kier alpha value is -2.08. The Balaban J connectivity index is 1.71. The summed E-state index contributed by atoms with van der Waals surface area (Å²) in [5, 5.41) is 10.8. The van der Waals surface area contributed by atoms with Gasteiger partial charge < -0.3 is 14.2 Å². The Morgan fingerprint density at radius 2 is 2.07 bits per heavy atom. The number of halogens is 1. The van der Waals surface area contributed by atoms with Gasteiger partial charge in [-0.05, 0) is 77.7 Å². The minimum Gasteiger partial charge on any atom is -0.493 e. The summed E-state index contributed by atoms with van der Waals surface area (Å²) in [6.07, 6.45) is 7.43. The van der Waals surface area contributed by atoms with Crippen LogP contribution in [-0.2, 0) is 14.3 Å². The van der Waals surface area contributed by atoms with Crippen molar-refractivity contribution in [1.82, 2.24) is 5.32 Å². The minimum absolute atomic E-state index is 0.204. The van der Waals surface area contributed by atoms with E-state index >= 15 is 0 Å². The minimum atomic E-state index is -0.603. The summed E-state index contributed by atoms with van der Waals surface area (Å²) in [5.41, 5.74) is 0.786. The number of nitrogens with zero attached hydrogens (tertiary/aromatic N) is 2. The van der Waals surface area contributed by atoms with Crippen molar-refractivity contribution in [3.8, 4) is 11.5 Å². The molecule has 2 fully saturated rings. The Bertz CT molecular complexity index is 894. The highest BCUT2D eigenvalue weighted by Gasteiger charge is 2.25. The van der Waals surface area contributed by atoms with Gasteiger partial charge in [-0.2, -0.15) is 5.10 Å². The molecule has 0 bridgehead atoms. The van der Waals surface area contributed by atoms with Gasteiger partial charge in [-0.25, -0.2) is 4.79 Å². The van der Waals surface area contributed by atoms with Crippen molar-refractivity contribution < 1.29 is 23.8 Å². The zero-order valence-electron chi connectivity index (χ0n) is 15.9. The molecular formula is C19H20IN3O5S. The lowest BCUT2D eigenvalue weighted by Crippen LogP contribution is -2.19. The van der Waals surface area contributed by atoms with Crippen molar-refractivity contribution in [2.45, 2.75) is 31.8 Å². The van der Waals surface area contributed by atoms with E-state index in [1.807, 2.05) is 12.1 Å². The Morgan fingerprint density at radius 3 is 2.76 bits per heavy atom. The fourth-order valence-corrected chi connectivity index (χ4v) is 4.38. The first-order valence-corrected chi connectivity index (χ1v) is 10.8. The van der Waals surface area contributed by atoms with Gasteiger partial charge in [0.05, 0.1) is 35.0 Å². The van der Waals surface area contributed by atoms with E-state index in [9.17, 15) is 9.59 Å². The molecule has 29 heavy (non-hydrogen) atoms. The average molecular weight is 529 g/mol. The number of methoxy groups -OCH3 is 2. The summed E-state index contributed by atoms with van der Waals surface area (Å²) >= 11 is 3.23. The van der Waals surface area contributed by atoms with E-state index in [0.717, 1.165) is 45.6 Å². The van der Waals surface area contributed by atoms with Crippen molar-refractivity contribution >= 4 is 57.6 Å². The lowest BCUT2D eigenvalue weighted by molar-refractivity contribution is -0.135. The van der Waals surface area contributed by atoms with Crippen molar-refractivity contribution in [2.24, 2.45) is 10.2 Å². The maximum Gasteiger partial charge on any atom is 0.331 e. The van der Waals surface area contributed by atoms with Gasteiger partial charge in [0.25, 0.3) is 5.91 Å². The first kappa shape index (κ1) is 21.6. The second kappa shape index (κ2) is 10.1. The number of amidine groups is 1. The van der Waals surface area contributed by atoms with Crippen LogP contribution in [-0.4, -0.2) is 43.6 Å². The number of benzene rings is 1. The topological polar surface area (TPSA) is 98.6 Å². The molecule has 1 aromatic carbocycles. The van der Waals surface area contributed by atoms with E-state index in [1.54, 1.807) is 13.3 Å². The van der Waals surface area contributed by atoms with Crippen LogP contribution in [0.1, 0.15) is 31.2 Å². The Kier molecular flexibility index (Phi) is 7.53. The van der Waals surface area contributed by atoms with Gasteiger partial charge in [-0.3, -0.25) is 10.1 Å². The molecule has 1 aliphatic heterocycles. The van der Waals surface area contributed by atoms with E-state index in [4.69, 9.17) is 9.47 Å². The van der Waals surface area contributed by atoms with Crippen LogP contribution >= 0.6 is 34.4 Å². The highest BCUT2D eigenvalue weighted by molar-refractivity contribution is 14.1. The quantitative estimate of drug-likeness (QED) is 0.200. The van der Waals surface area contributed by atoms with E-state index in [1.165, 1.54) is 20.0 Å². The van der Waals surface area contributed by atoms with E-state index < -0.39 is 11.9 Å². The molecule has 1 saturated heterocycles. The van der Waals surface area contributed by atoms with E-state index in [-0.39, 0.29) is 16.2 Å². The number of thioether (sulfide) groups is 1. The number of hydrogen-bond donors (Lipinski definition) is 1. The molecule has 1 aromatic rings. The largest absolute Gasteiger partial charge is 0.493 e. The molecule has 0 spiro atoms. The smallest absolute Gasteiger partial charge is 0.331 e. The van der Waals surface area contributed by atoms with Crippen LogP contribution in [0.4, 0.5) is 0 Å². The van der Waals surface area contributed by atoms with Gasteiger partial charge in [0.2, 0.25) is 0 Å². The first-order valence-electron chi connectivity index (χ1n) is 8.94. The van der Waals surface area contributed by atoms with Crippen molar-refractivity contribution in [3.63, 3.8) is 0 Å². The van der Waals surface area contributed by atoms with Gasteiger partial charge in [0, 0.05) is 6.08 Å². The molecule has 0 aromatic heterocycles. The number of carbonyl (C=O) groups excluding carboxylic acids is 2. The van der Waals surface area contributed by atoms with Gasteiger partial charge in [0.15, 0.2) is 16.7 Å². The van der Waals surface area contributed by atoms with Crippen LogP contribution in [0.2, 0.25) is 0 Å². The van der Waals surface area contributed by atoms with Gasteiger partial charge in [0.1, 0.15) is 0 Å². The standard InChI is InChI=1S/C19H20IN3O5S/c1-26-14-8-11(7-13(20)17(14)28-12-5-3-4-6-12)10-21-23-19-22-18(25)15(29-19)9-16(24)27-2/h7-10,12H,3-6H2,1-2H3,(H,22,23,25)/b15-9+,21-10?. The number of esters is 1. The lowest BCUT2D eigenvalue weighted by atomic mass is 10.2. The zero-order chi connectivity index (χ0) is 20.8. The molecular weight excluding hydrogens is 509 g/mol. The molecule has 2 aliphatic rings. The van der Waals surface area contributed by atoms with Gasteiger partial charge in [-0.1, -0.05) is 0 Å². The summed E-state index contributed by atoms with van der Waals surface area (Å²) < 4.78 is 17.1. The Labute approximate surface area is 186 Å². The van der Waals surface area contributed by atoms with Crippen LogP contribution in [0.5, 0.6) is 11.5 Å². The van der Waals surface area contributed by atoms with Gasteiger partial charge >= 0.3 is 5.97 Å². The second-order valence-corrected chi connectivity index (χ2v) is 8.49. The molecule has 1 amide bonds. The van der Waals surface area contributed by atoms with Crippen LogP contribution < -0.4 is 14.8 Å². The van der Waals surface area contributed by atoms with Crippen molar-refractivity contribution in [3.05, 3.63) is 32.2 Å². The predicted molar refractivity (Wildman–Crippen MR) is 119 cm³/mol. The molecule has 154 valence electrons. The zero-order valence-corrected chi connectivity index (χ0v) is 18.9. The molecule has 1 aliphatic carbocycles. The third-order valence-corrected chi connectivity index (χ3v) is 6.00. The SMILES string of the molecule is COC(=O)/C=C1/S/C(=N\N=Cc2cc(I)c(OC3CCCC3)c(OC)c2)NC1=O. The number of ether oxygens (including phenoxy) is 3. The number of nitrogens with one attached hydrogen (secondary N) is 1. The average Bonchev–Trinajstić information content (AvgIpc) is 3.33. The maximum absolute atomic E-state index is 11.8. The number of rotatable bonds is 6. The molecule has 0 unspecified atom stereocenters. The van der Waals surface area contributed by atoms with Crippen molar-refractivity contribution in [1.29, 1.82) is 0 Å². The van der Waals surface area contributed by atoms with E-state index in [2.05, 4.69) is 42.8 Å². The summed E-state index contributed by atoms with van der Waals surface area (Å²) in [6.45, 7) is 0. The highest BCUT2D eigenvalue weighted by atomic mass is 127. The summed E-state index contributed by atoms with van der Waals surface area (Å²) in [4.78, 5) is 23.3. The summed E-state index contributed by atoms with van der Waals surface area (Å²) in [6, 6.07) is 3.76. The van der Waals surface area contributed by atoms with E-state index in [0.29, 0.717) is 5.75 Å². The van der Waals surface area contributed by atoms with Crippen molar-refractivity contribution in [2.75, 3.05) is 14.2 Å². The predicted octanol–water partition coefficient (Wildman–Crippen LogP) is 3.23. The summed E-state index contributed by atoms with van der Waals surface area (Å²) in [7, 11) is 2.85. The molecule has 8 nitrogen and oxygen atoms in total. The van der Waals surface area contributed by atoms with Crippen LogP contribution in [0.3, 0.4) is 0 Å². The molecule has 1 heterocycles. The molecule has 0 atom stereocenters. The second-order valence-electron chi connectivity index (χ2n) is 6.30.